The van der Waals surface area contributed by atoms with Crippen molar-refractivity contribution < 1.29 is 29.0 Å². The van der Waals surface area contributed by atoms with Crippen molar-refractivity contribution in [3.63, 3.8) is 0 Å². The van der Waals surface area contributed by atoms with Crippen LogP contribution < -0.4 is 14.5 Å². The third kappa shape index (κ3) is 8.34. The van der Waals surface area contributed by atoms with Crippen LogP contribution in [0.5, 0.6) is 11.5 Å². The molecule has 0 saturated carbocycles. The molecule has 1 N–H and O–H groups in total. The van der Waals surface area contributed by atoms with Crippen molar-refractivity contribution in [3.05, 3.63) is 119 Å². The SMILES string of the molecule is CN1CCc2cc(N(C(=O)c3cc(-c4ccc(OCC(=O)N5CCCCC5)cc4C(=O)N4Cc5ccccc5C[C@H]4CN4CCOCC4)n4c3CCCC4)c3ccc(O)cc3)cnc21. The van der Waals surface area contributed by atoms with Crippen LogP contribution in [0.4, 0.5) is 17.2 Å². The second kappa shape index (κ2) is 18.1. The Balaban J connectivity index is 1.06. The minimum Gasteiger partial charge on any atom is -0.508 e. The van der Waals surface area contributed by atoms with Crippen LogP contribution >= 0.6 is 0 Å². The average Bonchev–Trinajstić information content (AvgIpc) is 3.91. The molecule has 2 saturated heterocycles. The van der Waals surface area contributed by atoms with E-state index in [-0.39, 0.29) is 36.1 Å². The average molecular weight is 864 g/mol. The van der Waals surface area contributed by atoms with Gasteiger partial charge in [0.15, 0.2) is 6.61 Å². The van der Waals surface area contributed by atoms with Gasteiger partial charge in [0.1, 0.15) is 17.3 Å². The van der Waals surface area contributed by atoms with E-state index in [1.807, 2.05) is 47.2 Å². The highest BCUT2D eigenvalue weighted by Gasteiger charge is 2.36. The summed E-state index contributed by atoms with van der Waals surface area (Å²) in [5.74, 6) is 1.10. The number of carbonyl (C=O) groups is 3. The molecule has 1 atom stereocenters. The van der Waals surface area contributed by atoms with E-state index in [1.165, 1.54) is 5.56 Å². The number of likely N-dealkylation sites (tertiary alicyclic amines) is 1. The van der Waals surface area contributed by atoms with Crippen LogP contribution in [0.1, 0.15) is 75.2 Å². The zero-order valence-electron chi connectivity index (χ0n) is 36.7. The van der Waals surface area contributed by atoms with Gasteiger partial charge in [-0.3, -0.25) is 24.2 Å². The molecule has 0 radical (unpaired) electrons. The fraction of sp³-hybridized carbons (Fsp3) is 0.412. The van der Waals surface area contributed by atoms with E-state index in [0.717, 1.165) is 113 Å². The Hall–Kier alpha value is -6.18. The number of aromatic hydroxyl groups is 1. The third-order valence-electron chi connectivity index (χ3n) is 13.8. The van der Waals surface area contributed by atoms with Crippen molar-refractivity contribution in [1.29, 1.82) is 0 Å². The number of nitrogens with zero attached hydrogens (tertiary/aromatic N) is 7. The number of rotatable bonds is 10. The molecule has 5 aliphatic heterocycles. The predicted octanol–water partition coefficient (Wildman–Crippen LogP) is 6.85. The largest absolute Gasteiger partial charge is 0.508 e. The third-order valence-corrected chi connectivity index (χ3v) is 13.8. The number of hydrogen-bond donors (Lipinski definition) is 1. The summed E-state index contributed by atoms with van der Waals surface area (Å²) in [5, 5.41) is 10.3. The van der Waals surface area contributed by atoms with Gasteiger partial charge >= 0.3 is 0 Å². The molecule has 0 spiro atoms. The monoisotopic (exact) mass is 863 g/mol. The maximum atomic E-state index is 15.6. The van der Waals surface area contributed by atoms with Crippen LogP contribution in [0.2, 0.25) is 0 Å². The molecule has 3 aromatic carbocycles. The highest BCUT2D eigenvalue weighted by Crippen LogP contribution is 2.39. The van der Waals surface area contributed by atoms with Crippen LogP contribution in [0, 0.1) is 0 Å². The molecule has 13 heteroatoms. The summed E-state index contributed by atoms with van der Waals surface area (Å²) in [7, 11) is 2.03. The number of ether oxygens (including phenoxy) is 2. The van der Waals surface area contributed by atoms with E-state index in [4.69, 9.17) is 14.5 Å². The van der Waals surface area contributed by atoms with Gasteiger partial charge in [0.2, 0.25) is 0 Å². The van der Waals surface area contributed by atoms with Gasteiger partial charge in [-0.15, -0.1) is 0 Å². The highest BCUT2D eigenvalue weighted by molar-refractivity contribution is 6.13. The van der Waals surface area contributed by atoms with Gasteiger partial charge in [0, 0.05) is 88.1 Å². The number of carbonyl (C=O) groups excluding carboxylic acids is 3. The first-order valence-electron chi connectivity index (χ1n) is 23.1. The van der Waals surface area contributed by atoms with Crippen LogP contribution in [0.15, 0.2) is 85.1 Å². The van der Waals surface area contributed by atoms with Crippen LogP contribution in [-0.4, -0.2) is 119 Å². The normalized spacial score (nSPS) is 18.6. The summed E-state index contributed by atoms with van der Waals surface area (Å²) in [5.41, 5.74) is 8.18. The lowest BCUT2D eigenvalue weighted by atomic mass is 9.92. The zero-order chi connectivity index (χ0) is 43.7. The Morgan fingerprint density at radius 1 is 0.797 bits per heavy atom. The molecule has 10 rings (SSSR count). The quantitative estimate of drug-likeness (QED) is 0.161. The number of benzene rings is 3. The fourth-order valence-corrected chi connectivity index (χ4v) is 10.3. The second-order valence-corrected chi connectivity index (χ2v) is 17.9. The zero-order valence-corrected chi connectivity index (χ0v) is 36.7. The number of piperidine rings is 1. The minimum atomic E-state index is -0.210. The first kappa shape index (κ1) is 41.8. The summed E-state index contributed by atoms with van der Waals surface area (Å²) >= 11 is 0. The van der Waals surface area contributed by atoms with Gasteiger partial charge in [-0.25, -0.2) is 4.98 Å². The second-order valence-electron chi connectivity index (χ2n) is 17.9. The summed E-state index contributed by atoms with van der Waals surface area (Å²) in [6.07, 6.45) is 8.98. The smallest absolute Gasteiger partial charge is 0.264 e. The number of hydrogen-bond acceptors (Lipinski definition) is 9. The van der Waals surface area contributed by atoms with Gasteiger partial charge < -0.3 is 33.8 Å². The van der Waals surface area contributed by atoms with Gasteiger partial charge in [-0.1, -0.05) is 24.3 Å². The standard InChI is InChI=1S/C51H57N7O6/c1-53-22-18-36-28-39(31-52-49(36)53)58(38-12-14-41(59)15-13-38)51(62)45-30-47(56-21-8-5-11-46(45)56)43-17-16-42(64-34-48(60)55-19-6-2-7-20-55)29-44(43)50(61)57-32-37-10-4-3-9-35(37)27-40(57)33-54-23-25-63-26-24-54/h3-4,9-10,12-17,28-31,40,59H,2,5-8,11,18-27,32-34H2,1H3/t40-/m0/s1. The Morgan fingerprint density at radius 2 is 1.58 bits per heavy atom. The van der Waals surface area contributed by atoms with E-state index in [1.54, 1.807) is 35.4 Å². The number of pyridine rings is 1. The number of phenols is 1. The van der Waals surface area contributed by atoms with E-state index >= 15 is 9.59 Å². The number of aromatic nitrogens is 2. The van der Waals surface area contributed by atoms with Gasteiger partial charge in [0.25, 0.3) is 17.7 Å². The summed E-state index contributed by atoms with van der Waals surface area (Å²) < 4.78 is 14.2. The lowest BCUT2D eigenvalue weighted by molar-refractivity contribution is -0.134. The van der Waals surface area contributed by atoms with E-state index in [2.05, 4.69) is 38.6 Å². The molecule has 64 heavy (non-hydrogen) atoms. The number of anilines is 3. The molecular formula is C51H57N7O6. The molecule has 0 bridgehead atoms. The fourth-order valence-electron chi connectivity index (χ4n) is 10.3. The van der Waals surface area contributed by atoms with Crippen molar-refractivity contribution in [2.45, 2.75) is 70.5 Å². The molecule has 2 aromatic heterocycles. The Bertz CT molecular complexity index is 2540. The van der Waals surface area contributed by atoms with Crippen molar-refractivity contribution >= 4 is 34.9 Å². The first-order chi connectivity index (χ1) is 31.3. The maximum Gasteiger partial charge on any atom is 0.264 e. The predicted molar refractivity (Wildman–Crippen MR) is 246 cm³/mol. The molecule has 332 valence electrons. The Kier molecular flexibility index (Phi) is 11.8. The molecule has 7 heterocycles. The first-order valence-corrected chi connectivity index (χ1v) is 23.1. The number of likely N-dealkylation sites (N-methyl/N-ethyl adjacent to an activating group) is 1. The molecule has 0 aliphatic carbocycles. The topological polar surface area (TPSA) is 124 Å². The molecular weight excluding hydrogens is 807 g/mol. The van der Waals surface area contributed by atoms with Crippen molar-refractivity contribution in [2.24, 2.45) is 0 Å². The summed E-state index contributed by atoms with van der Waals surface area (Å²) in [6, 6.07) is 24.6. The van der Waals surface area contributed by atoms with Crippen LogP contribution in [-0.2, 0) is 41.9 Å². The highest BCUT2D eigenvalue weighted by atomic mass is 16.5. The number of fused-ring (bicyclic) bond motifs is 3. The van der Waals surface area contributed by atoms with Crippen LogP contribution in [0.3, 0.4) is 0 Å². The minimum absolute atomic E-state index is 0.0533. The van der Waals surface area contributed by atoms with E-state index in [9.17, 15) is 9.90 Å². The Labute approximate surface area is 374 Å². The van der Waals surface area contributed by atoms with Crippen molar-refractivity contribution in [1.82, 2.24) is 24.3 Å². The van der Waals surface area contributed by atoms with Crippen molar-refractivity contribution in [2.75, 3.05) is 75.9 Å². The van der Waals surface area contributed by atoms with Gasteiger partial charge in [-0.05, 0) is 123 Å². The maximum absolute atomic E-state index is 15.6. The Morgan fingerprint density at radius 3 is 2.39 bits per heavy atom. The molecule has 5 aromatic rings. The number of amides is 3. The van der Waals surface area contributed by atoms with Gasteiger partial charge in [-0.2, -0.15) is 0 Å². The molecule has 0 unspecified atom stereocenters. The van der Waals surface area contributed by atoms with Crippen LogP contribution in [0.25, 0.3) is 11.3 Å². The molecule has 2 fully saturated rings. The lowest BCUT2D eigenvalue weighted by Gasteiger charge is -2.40. The summed E-state index contributed by atoms with van der Waals surface area (Å²) in [4.78, 5) is 59.1. The summed E-state index contributed by atoms with van der Waals surface area (Å²) in [6.45, 7) is 7.05. The van der Waals surface area contributed by atoms with Gasteiger partial charge in [0.05, 0.1) is 36.2 Å². The number of morpholine rings is 1. The molecule has 5 aliphatic rings. The molecule has 13 nitrogen and oxygen atoms in total. The van der Waals surface area contributed by atoms with E-state index < -0.39 is 0 Å². The van der Waals surface area contributed by atoms with E-state index in [0.29, 0.717) is 66.5 Å². The lowest BCUT2D eigenvalue weighted by Crippen LogP contribution is -2.52. The number of phenolic OH excluding ortho intramolecular Hbond substituents is 1. The van der Waals surface area contributed by atoms with Crippen molar-refractivity contribution in [3.8, 4) is 22.8 Å². The molecule has 3 amide bonds.